The van der Waals surface area contributed by atoms with Crippen LogP contribution in [0, 0.1) is 0 Å². The van der Waals surface area contributed by atoms with Crippen LogP contribution in [-0.4, -0.2) is 121 Å². The van der Waals surface area contributed by atoms with Crippen molar-refractivity contribution in [1.29, 1.82) is 0 Å². The fourth-order valence-corrected chi connectivity index (χ4v) is 2.97. The highest BCUT2D eigenvalue weighted by molar-refractivity contribution is 4.93. The molecule has 10 atom stereocenters. The van der Waals surface area contributed by atoms with Gasteiger partial charge in [-0.1, -0.05) is 0 Å². The zero-order chi connectivity index (χ0) is 20.5. The maximum Gasteiger partial charge on any atom is 0.189 e. The number of rotatable bonds is 8. The van der Waals surface area contributed by atoms with Crippen LogP contribution in [0.25, 0.3) is 0 Å². The quantitative estimate of drug-likeness (QED) is 0.182. The second-order valence-electron chi connectivity index (χ2n) is 7.04. The summed E-state index contributed by atoms with van der Waals surface area (Å²) in [6, 6.07) is 0. The van der Waals surface area contributed by atoms with Gasteiger partial charge in [-0.05, 0) is 13.8 Å². The second-order valence-corrected chi connectivity index (χ2v) is 7.04. The Morgan fingerprint density at radius 3 is 1.37 bits per heavy atom. The molecule has 8 N–H and O–H groups in total. The van der Waals surface area contributed by atoms with E-state index in [1.54, 1.807) is 0 Å². The van der Waals surface area contributed by atoms with Gasteiger partial charge in [-0.3, -0.25) is 0 Å². The Morgan fingerprint density at radius 2 is 1.07 bits per heavy atom. The molecule has 0 aliphatic carbocycles. The van der Waals surface area contributed by atoms with Crippen LogP contribution in [-0.2, 0) is 18.9 Å². The van der Waals surface area contributed by atoms with Gasteiger partial charge in [0.1, 0.15) is 48.8 Å². The molecule has 0 aromatic rings. The Balaban J connectivity index is 1.99. The van der Waals surface area contributed by atoms with E-state index in [9.17, 15) is 30.6 Å². The highest BCUT2D eigenvalue weighted by Crippen LogP contribution is 2.32. The van der Waals surface area contributed by atoms with Crippen molar-refractivity contribution in [1.82, 2.24) is 0 Å². The molecule has 0 unspecified atom stereocenters. The molecule has 2 heterocycles. The van der Waals surface area contributed by atoms with Crippen molar-refractivity contribution in [2.75, 3.05) is 13.2 Å². The van der Waals surface area contributed by atoms with Crippen molar-refractivity contribution in [3.63, 3.8) is 0 Å². The summed E-state index contributed by atoms with van der Waals surface area (Å²) < 4.78 is 21.3. The van der Waals surface area contributed by atoms with Gasteiger partial charge in [0, 0.05) is 0 Å². The average molecular weight is 400 g/mol. The summed E-state index contributed by atoms with van der Waals surface area (Å²) in [6.07, 6.45) is -14.5. The van der Waals surface area contributed by atoms with E-state index in [-0.39, 0.29) is 0 Å². The Bertz CT molecular complexity index is 436. The minimum Gasteiger partial charge on any atom is -0.394 e. The van der Waals surface area contributed by atoms with Crippen LogP contribution in [0.2, 0.25) is 0 Å². The Labute approximate surface area is 155 Å². The molecule has 2 fully saturated rings. The molecule has 2 saturated heterocycles. The van der Waals surface area contributed by atoms with Crippen LogP contribution >= 0.6 is 0 Å². The van der Waals surface area contributed by atoms with Gasteiger partial charge in [0.05, 0.1) is 13.2 Å². The van der Waals surface area contributed by atoms with Gasteiger partial charge in [-0.15, -0.1) is 0 Å². The summed E-state index contributed by atoms with van der Waals surface area (Å²) in [6.45, 7) is 1.36. The van der Waals surface area contributed by atoms with Crippen LogP contribution in [0.1, 0.15) is 13.8 Å². The van der Waals surface area contributed by atoms with Crippen molar-refractivity contribution in [3.8, 4) is 0 Å². The fraction of sp³-hybridized carbons (Fsp3) is 1.00. The van der Waals surface area contributed by atoms with E-state index in [0.717, 1.165) is 0 Å². The monoisotopic (exact) mass is 400 g/mol. The maximum atomic E-state index is 10.0. The Morgan fingerprint density at radius 1 is 0.741 bits per heavy atom. The van der Waals surface area contributed by atoms with E-state index >= 15 is 0 Å². The summed E-state index contributed by atoms with van der Waals surface area (Å²) in [5.41, 5.74) is 0. The molecular formula is C15H28O12. The molecule has 0 amide bonds. The van der Waals surface area contributed by atoms with E-state index in [1.165, 1.54) is 13.8 Å². The molecule has 2 aliphatic rings. The molecule has 2 rings (SSSR count). The molecule has 2 aliphatic heterocycles. The Kier molecular flexibility index (Phi) is 7.52. The number of hydrogen-bond donors (Lipinski definition) is 8. The topological polar surface area (TPSA) is 199 Å². The first-order chi connectivity index (χ1) is 12.5. The van der Waals surface area contributed by atoms with E-state index < -0.39 is 80.4 Å². The first-order valence-electron chi connectivity index (χ1n) is 8.49. The number of aliphatic hydroxyl groups excluding tert-OH is 8. The Hall–Kier alpha value is -0.480. The summed E-state index contributed by atoms with van der Waals surface area (Å²) in [7, 11) is 0. The van der Waals surface area contributed by atoms with Gasteiger partial charge in [0.25, 0.3) is 0 Å². The predicted molar refractivity (Wildman–Crippen MR) is 83.8 cm³/mol. The average Bonchev–Trinajstić information content (AvgIpc) is 3.05. The van der Waals surface area contributed by atoms with Gasteiger partial charge >= 0.3 is 0 Å². The van der Waals surface area contributed by atoms with Crippen LogP contribution < -0.4 is 0 Å². The van der Waals surface area contributed by atoms with Crippen LogP contribution in [0.15, 0.2) is 0 Å². The molecule has 12 nitrogen and oxygen atoms in total. The van der Waals surface area contributed by atoms with Gasteiger partial charge < -0.3 is 59.8 Å². The third-order valence-electron chi connectivity index (χ3n) is 4.45. The minimum absolute atomic E-state index is 0.699. The molecule has 27 heavy (non-hydrogen) atoms. The van der Waals surface area contributed by atoms with Crippen molar-refractivity contribution in [2.45, 2.75) is 81.0 Å². The van der Waals surface area contributed by atoms with E-state index in [2.05, 4.69) is 0 Å². The summed E-state index contributed by atoms with van der Waals surface area (Å²) in [4.78, 5) is 0. The lowest BCUT2D eigenvalue weighted by molar-refractivity contribution is -0.351. The van der Waals surface area contributed by atoms with Gasteiger partial charge in [-0.2, -0.15) is 0 Å². The first-order valence-corrected chi connectivity index (χ1v) is 8.49. The smallest absolute Gasteiger partial charge is 0.189 e. The van der Waals surface area contributed by atoms with Crippen LogP contribution in [0.5, 0.6) is 0 Å². The molecule has 0 radical (unpaired) electrons. The third kappa shape index (κ3) is 4.93. The molecular weight excluding hydrogens is 372 g/mol. The molecule has 12 heteroatoms. The lowest BCUT2D eigenvalue weighted by Gasteiger charge is -2.33. The summed E-state index contributed by atoms with van der Waals surface area (Å²) in [5.74, 6) is -1.57. The fourth-order valence-electron chi connectivity index (χ4n) is 2.97. The standard InChI is InChI=1S/C15H28O12/c1-15(2,26-13-9(22)7(20)11(24-13)5(18)3-16)27-14-10(23)8(21)12(25-14)6(19)4-17/h5-14,16-23H,3-4H2,1-2H3/t5-,6-,7-,8-,9+,10+,11-,12-,13-,14-/m1/s1. The summed E-state index contributed by atoms with van der Waals surface area (Å²) >= 11 is 0. The molecule has 0 spiro atoms. The number of aliphatic hydroxyl groups is 8. The van der Waals surface area contributed by atoms with Crippen molar-refractivity contribution >= 4 is 0 Å². The third-order valence-corrected chi connectivity index (χ3v) is 4.45. The van der Waals surface area contributed by atoms with Gasteiger partial charge in [0.2, 0.25) is 0 Å². The van der Waals surface area contributed by atoms with Crippen LogP contribution in [0.3, 0.4) is 0 Å². The normalized spacial score (nSPS) is 42.4. The maximum absolute atomic E-state index is 10.0. The predicted octanol–water partition coefficient (Wildman–Crippen LogP) is -4.64. The lowest BCUT2D eigenvalue weighted by Crippen LogP contribution is -2.44. The summed E-state index contributed by atoms with van der Waals surface area (Å²) in [5, 5.41) is 76.9. The van der Waals surface area contributed by atoms with Crippen LogP contribution in [0.4, 0.5) is 0 Å². The number of hydrogen-bond acceptors (Lipinski definition) is 12. The highest BCUT2D eigenvalue weighted by atomic mass is 16.8. The SMILES string of the molecule is CC(C)(O[C@H]1O[C@H]([C@H](O)CO)[C@H](O)[C@@H]1O)O[C@H]1O[C@H]([C@H](O)CO)[C@H](O)[C@@H]1O. The molecule has 160 valence electrons. The second kappa shape index (κ2) is 8.90. The van der Waals surface area contributed by atoms with E-state index in [1.807, 2.05) is 0 Å². The van der Waals surface area contributed by atoms with E-state index in [0.29, 0.717) is 0 Å². The molecule has 0 bridgehead atoms. The van der Waals surface area contributed by atoms with Crippen molar-refractivity contribution in [3.05, 3.63) is 0 Å². The van der Waals surface area contributed by atoms with Gasteiger partial charge in [0.15, 0.2) is 18.4 Å². The van der Waals surface area contributed by atoms with E-state index in [4.69, 9.17) is 29.2 Å². The largest absolute Gasteiger partial charge is 0.394 e. The van der Waals surface area contributed by atoms with Crippen molar-refractivity contribution in [2.24, 2.45) is 0 Å². The van der Waals surface area contributed by atoms with Gasteiger partial charge in [-0.25, -0.2) is 0 Å². The zero-order valence-electron chi connectivity index (χ0n) is 14.9. The highest BCUT2D eigenvalue weighted by Gasteiger charge is 2.51. The van der Waals surface area contributed by atoms with Crippen molar-refractivity contribution < 1.29 is 59.8 Å². The molecule has 0 aromatic heterocycles. The molecule has 0 saturated carbocycles. The lowest BCUT2D eigenvalue weighted by atomic mass is 10.1. The number of ether oxygens (including phenoxy) is 4. The zero-order valence-corrected chi connectivity index (χ0v) is 14.9. The first kappa shape index (κ1) is 22.8. The minimum atomic E-state index is -1.57. The molecule has 0 aromatic carbocycles.